The number of nitrogens with zero attached hydrogens (tertiary/aromatic N) is 2. The maximum atomic E-state index is 5.14. The second-order valence-corrected chi connectivity index (χ2v) is 2.64. The Hall–Kier alpha value is -1.77. The Bertz CT molecular complexity index is 381. The van der Waals surface area contributed by atoms with E-state index < -0.39 is 0 Å². The molecule has 1 aromatic carbocycles. The van der Waals surface area contributed by atoms with Gasteiger partial charge in [0, 0.05) is 0 Å². The highest BCUT2D eigenvalue weighted by Crippen LogP contribution is 2.15. The van der Waals surface area contributed by atoms with Gasteiger partial charge in [0.05, 0.1) is 19.0 Å². The van der Waals surface area contributed by atoms with E-state index in [0.717, 1.165) is 11.6 Å². The molecule has 2 aromatic rings. The third-order valence-corrected chi connectivity index (χ3v) is 1.85. The molecule has 0 unspecified atom stereocenters. The highest BCUT2D eigenvalue weighted by Gasteiger charge is 2.01. The van der Waals surface area contributed by atoms with Gasteiger partial charge in [-0.1, -0.05) is 18.2 Å². The van der Waals surface area contributed by atoms with Gasteiger partial charge in [0.2, 0.25) is 5.88 Å². The molecule has 0 bridgehead atoms. The first-order chi connectivity index (χ1) is 6.42. The molecule has 3 nitrogen and oxygen atoms in total. The Kier molecular flexibility index (Phi) is 2.00. The van der Waals surface area contributed by atoms with Crippen LogP contribution in [-0.2, 0) is 0 Å². The monoisotopic (exact) mass is 174 g/mol. The molecule has 0 saturated carbocycles. The van der Waals surface area contributed by atoms with Crippen LogP contribution in [0.1, 0.15) is 0 Å². The lowest BCUT2D eigenvalue weighted by molar-refractivity contribution is 0.390. The van der Waals surface area contributed by atoms with E-state index in [4.69, 9.17) is 4.74 Å². The van der Waals surface area contributed by atoms with Gasteiger partial charge >= 0.3 is 0 Å². The van der Waals surface area contributed by atoms with Crippen LogP contribution < -0.4 is 4.74 Å². The van der Waals surface area contributed by atoms with Crippen LogP contribution >= 0.6 is 0 Å². The number of para-hydroxylation sites is 1. The Morgan fingerprint density at radius 1 is 1.23 bits per heavy atom. The molecule has 0 saturated heterocycles. The minimum Gasteiger partial charge on any atom is -0.481 e. The smallest absolute Gasteiger partial charge is 0.218 e. The Labute approximate surface area is 76.6 Å². The molecule has 2 rings (SSSR count). The maximum Gasteiger partial charge on any atom is 0.218 e. The van der Waals surface area contributed by atoms with Gasteiger partial charge < -0.3 is 4.74 Å². The minimum atomic E-state index is 0.742. The summed E-state index contributed by atoms with van der Waals surface area (Å²) < 4.78 is 7.03. The van der Waals surface area contributed by atoms with Crippen LogP contribution in [0.25, 0.3) is 5.69 Å². The first kappa shape index (κ1) is 7.86. The molecule has 0 amide bonds. The maximum absolute atomic E-state index is 5.14. The molecule has 0 fully saturated rings. The van der Waals surface area contributed by atoms with Gasteiger partial charge in [-0.2, -0.15) is 0 Å². The SMILES string of the molecule is COc1cncn1-c1ccccc1. The van der Waals surface area contributed by atoms with Crippen molar-refractivity contribution in [2.75, 3.05) is 7.11 Å². The molecular formula is C10H10N2O. The number of benzene rings is 1. The quantitative estimate of drug-likeness (QED) is 0.695. The molecule has 1 heterocycles. The molecule has 0 radical (unpaired) electrons. The van der Waals surface area contributed by atoms with E-state index in [2.05, 4.69) is 4.98 Å². The summed E-state index contributed by atoms with van der Waals surface area (Å²) in [4.78, 5) is 4.01. The number of hydrogen-bond donors (Lipinski definition) is 0. The van der Waals surface area contributed by atoms with E-state index in [1.165, 1.54) is 0 Å². The van der Waals surface area contributed by atoms with Crippen molar-refractivity contribution in [3.8, 4) is 11.6 Å². The van der Waals surface area contributed by atoms with Gasteiger partial charge in [0.1, 0.15) is 6.33 Å². The largest absolute Gasteiger partial charge is 0.481 e. The summed E-state index contributed by atoms with van der Waals surface area (Å²) in [5.74, 6) is 0.742. The van der Waals surface area contributed by atoms with E-state index in [1.807, 2.05) is 34.9 Å². The lowest BCUT2D eigenvalue weighted by Crippen LogP contribution is -1.95. The van der Waals surface area contributed by atoms with Crippen molar-refractivity contribution in [1.82, 2.24) is 9.55 Å². The standard InChI is InChI=1S/C10H10N2O/c1-13-10-7-11-8-12(10)9-5-3-2-4-6-9/h2-8H,1H3. The number of ether oxygens (including phenoxy) is 1. The fourth-order valence-electron chi connectivity index (χ4n) is 1.22. The highest BCUT2D eigenvalue weighted by molar-refractivity contribution is 5.34. The molecule has 1 aromatic heterocycles. The van der Waals surface area contributed by atoms with Crippen molar-refractivity contribution in [2.24, 2.45) is 0 Å². The zero-order valence-corrected chi connectivity index (χ0v) is 7.34. The predicted octanol–water partition coefficient (Wildman–Crippen LogP) is 1.88. The van der Waals surface area contributed by atoms with Crippen molar-refractivity contribution in [2.45, 2.75) is 0 Å². The second-order valence-electron chi connectivity index (χ2n) is 2.64. The number of aromatic nitrogens is 2. The van der Waals surface area contributed by atoms with Crippen LogP contribution in [0, 0.1) is 0 Å². The van der Waals surface area contributed by atoms with Gasteiger partial charge in [-0.15, -0.1) is 0 Å². The fraction of sp³-hybridized carbons (Fsp3) is 0.100. The van der Waals surface area contributed by atoms with Gasteiger partial charge in [-0.05, 0) is 12.1 Å². The van der Waals surface area contributed by atoms with Crippen molar-refractivity contribution in [1.29, 1.82) is 0 Å². The summed E-state index contributed by atoms with van der Waals surface area (Å²) in [6.07, 6.45) is 3.42. The number of hydrogen-bond acceptors (Lipinski definition) is 2. The second kappa shape index (κ2) is 3.31. The molecule has 3 heteroatoms. The molecule has 0 aliphatic carbocycles. The van der Waals surface area contributed by atoms with Crippen LogP contribution in [0.5, 0.6) is 5.88 Å². The summed E-state index contributed by atoms with van der Waals surface area (Å²) in [5.41, 5.74) is 1.05. The first-order valence-electron chi connectivity index (χ1n) is 4.03. The van der Waals surface area contributed by atoms with E-state index in [0.29, 0.717) is 0 Å². The summed E-state index contributed by atoms with van der Waals surface area (Å²) >= 11 is 0. The van der Waals surface area contributed by atoms with Crippen LogP contribution in [0.4, 0.5) is 0 Å². The van der Waals surface area contributed by atoms with Gasteiger partial charge in [-0.25, -0.2) is 4.98 Å². The number of rotatable bonds is 2. The van der Waals surface area contributed by atoms with Crippen LogP contribution in [0.15, 0.2) is 42.9 Å². The highest BCUT2D eigenvalue weighted by atomic mass is 16.5. The van der Waals surface area contributed by atoms with Crippen LogP contribution in [0.3, 0.4) is 0 Å². The summed E-state index contributed by atoms with van der Waals surface area (Å²) in [7, 11) is 1.64. The predicted molar refractivity (Wildman–Crippen MR) is 50.1 cm³/mol. The molecule has 0 atom stereocenters. The van der Waals surface area contributed by atoms with E-state index in [9.17, 15) is 0 Å². The summed E-state index contributed by atoms with van der Waals surface area (Å²) in [6.45, 7) is 0. The van der Waals surface area contributed by atoms with E-state index in [-0.39, 0.29) is 0 Å². The summed E-state index contributed by atoms with van der Waals surface area (Å²) in [6, 6.07) is 9.95. The minimum absolute atomic E-state index is 0.742. The average Bonchev–Trinajstić information content (AvgIpc) is 2.67. The first-order valence-corrected chi connectivity index (χ1v) is 4.03. The molecule has 66 valence electrons. The Morgan fingerprint density at radius 3 is 2.69 bits per heavy atom. The van der Waals surface area contributed by atoms with Gasteiger partial charge in [-0.3, -0.25) is 4.57 Å². The number of methoxy groups -OCH3 is 1. The topological polar surface area (TPSA) is 27.1 Å². The van der Waals surface area contributed by atoms with Crippen molar-refractivity contribution in [3.63, 3.8) is 0 Å². The molecule has 0 aliphatic heterocycles. The number of imidazole rings is 1. The Morgan fingerprint density at radius 2 is 2.00 bits per heavy atom. The van der Waals surface area contributed by atoms with E-state index in [1.54, 1.807) is 19.6 Å². The Balaban J connectivity index is 2.47. The molecule has 13 heavy (non-hydrogen) atoms. The van der Waals surface area contributed by atoms with E-state index >= 15 is 0 Å². The zero-order valence-electron chi connectivity index (χ0n) is 7.34. The third-order valence-electron chi connectivity index (χ3n) is 1.85. The normalized spacial score (nSPS) is 9.92. The van der Waals surface area contributed by atoms with Crippen molar-refractivity contribution >= 4 is 0 Å². The average molecular weight is 174 g/mol. The molecule has 0 spiro atoms. The van der Waals surface area contributed by atoms with Gasteiger partial charge in [0.15, 0.2) is 0 Å². The molecule has 0 N–H and O–H groups in total. The van der Waals surface area contributed by atoms with Gasteiger partial charge in [0.25, 0.3) is 0 Å². The zero-order chi connectivity index (χ0) is 9.10. The lowest BCUT2D eigenvalue weighted by atomic mass is 10.3. The molecular weight excluding hydrogens is 164 g/mol. The lowest BCUT2D eigenvalue weighted by Gasteiger charge is -2.05. The fourth-order valence-corrected chi connectivity index (χ4v) is 1.22. The summed E-state index contributed by atoms with van der Waals surface area (Å²) in [5, 5.41) is 0. The van der Waals surface area contributed by atoms with Crippen LogP contribution in [-0.4, -0.2) is 16.7 Å². The van der Waals surface area contributed by atoms with Crippen molar-refractivity contribution < 1.29 is 4.74 Å². The van der Waals surface area contributed by atoms with Crippen LogP contribution in [0.2, 0.25) is 0 Å². The third kappa shape index (κ3) is 1.40. The van der Waals surface area contributed by atoms with Crippen molar-refractivity contribution in [3.05, 3.63) is 42.9 Å². The molecule has 0 aliphatic rings.